The molecular weight excluding hydrogens is 582 g/mol. The SMILES string of the molecule is C[C@@H]1CCC[C@H](n2cnc(C3=CC(Cl)=CC4=CN(CCO)NC43)cc2=O)c2cc(ccn2)-c2c(cnn2C(F)F)NC1=O. The number of aromatic nitrogens is 5. The van der Waals surface area contributed by atoms with Crippen LogP contribution in [-0.4, -0.2) is 59.5 Å². The molecule has 6 rings (SSSR count). The van der Waals surface area contributed by atoms with E-state index in [-0.39, 0.29) is 35.5 Å². The van der Waals surface area contributed by atoms with Gasteiger partial charge in [-0.05, 0) is 42.7 Å². The lowest BCUT2D eigenvalue weighted by Gasteiger charge is -2.25. The molecule has 0 radical (unpaired) electrons. The van der Waals surface area contributed by atoms with E-state index in [0.717, 1.165) is 5.57 Å². The molecule has 0 aromatic carbocycles. The second-order valence-corrected chi connectivity index (χ2v) is 11.1. The average Bonchev–Trinajstić information content (AvgIpc) is 3.58. The predicted molar refractivity (Wildman–Crippen MR) is 156 cm³/mol. The third kappa shape index (κ3) is 5.63. The van der Waals surface area contributed by atoms with E-state index in [1.807, 2.05) is 12.3 Å². The number of alkyl halides is 2. The van der Waals surface area contributed by atoms with Crippen LogP contribution in [0.4, 0.5) is 14.5 Å². The van der Waals surface area contributed by atoms with E-state index in [4.69, 9.17) is 11.6 Å². The van der Waals surface area contributed by atoms with Crippen molar-refractivity contribution in [2.45, 2.75) is 44.8 Å². The molecule has 0 saturated heterocycles. The molecule has 43 heavy (non-hydrogen) atoms. The van der Waals surface area contributed by atoms with E-state index < -0.39 is 18.5 Å². The summed E-state index contributed by atoms with van der Waals surface area (Å²) in [6.45, 7) is -0.830. The van der Waals surface area contributed by atoms with Gasteiger partial charge in [0, 0.05) is 40.5 Å². The van der Waals surface area contributed by atoms with Crippen molar-refractivity contribution in [2.24, 2.45) is 5.92 Å². The van der Waals surface area contributed by atoms with Gasteiger partial charge in [0.25, 0.3) is 5.56 Å². The molecule has 3 aromatic heterocycles. The fourth-order valence-corrected chi connectivity index (χ4v) is 5.94. The van der Waals surface area contributed by atoms with Crippen LogP contribution in [-0.2, 0) is 4.79 Å². The fourth-order valence-electron chi connectivity index (χ4n) is 5.70. The van der Waals surface area contributed by atoms with Crippen LogP contribution in [0.15, 0.2) is 70.7 Å². The van der Waals surface area contributed by atoms with Gasteiger partial charge in [-0.3, -0.25) is 19.1 Å². The largest absolute Gasteiger partial charge is 0.394 e. The number of amides is 1. The molecule has 5 heterocycles. The number of β-amino-alcohol motifs (C(OH)–C–C–N with tert-alkyl or cyclic N) is 1. The van der Waals surface area contributed by atoms with Gasteiger partial charge in [0.1, 0.15) is 0 Å². The normalized spacial score (nSPS) is 22.1. The van der Waals surface area contributed by atoms with Crippen molar-refractivity contribution in [1.82, 2.24) is 34.8 Å². The number of nitrogens with zero attached hydrogens (tertiary/aromatic N) is 6. The Balaban J connectivity index is 1.39. The summed E-state index contributed by atoms with van der Waals surface area (Å²) < 4.78 is 29.9. The van der Waals surface area contributed by atoms with Crippen molar-refractivity contribution in [2.75, 3.05) is 18.5 Å². The van der Waals surface area contributed by atoms with Crippen LogP contribution in [0.5, 0.6) is 0 Å². The number of rotatable bonds is 5. The van der Waals surface area contributed by atoms with Crippen molar-refractivity contribution in [3.63, 3.8) is 0 Å². The third-order valence-corrected chi connectivity index (χ3v) is 8.07. The van der Waals surface area contributed by atoms with Gasteiger partial charge in [-0.25, -0.2) is 15.1 Å². The zero-order chi connectivity index (χ0) is 30.2. The van der Waals surface area contributed by atoms with Crippen LogP contribution < -0.4 is 16.3 Å². The Morgan fingerprint density at radius 3 is 2.79 bits per heavy atom. The second-order valence-electron chi connectivity index (χ2n) is 10.7. The highest BCUT2D eigenvalue weighted by Gasteiger charge is 2.31. The molecule has 3 N–H and O–H groups in total. The number of allylic oxidation sites excluding steroid dienone is 2. The highest BCUT2D eigenvalue weighted by molar-refractivity contribution is 6.32. The maximum atomic E-state index is 13.9. The maximum absolute atomic E-state index is 13.9. The Labute approximate surface area is 250 Å². The molecule has 2 bridgehead atoms. The van der Waals surface area contributed by atoms with Crippen molar-refractivity contribution in [3.05, 3.63) is 87.6 Å². The Morgan fingerprint density at radius 1 is 1.19 bits per heavy atom. The second kappa shape index (κ2) is 11.8. The molecule has 3 aliphatic rings. The summed E-state index contributed by atoms with van der Waals surface area (Å²) in [7, 11) is 0. The van der Waals surface area contributed by atoms with Crippen molar-refractivity contribution in [1.29, 1.82) is 0 Å². The van der Waals surface area contributed by atoms with Gasteiger partial charge in [-0.1, -0.05) is 24.9 Å². The topological polar surface area (TPSA) is 130 Å². The van der Waals surface area contributed by atoms with Gasteiger partial charge in [0.05, 0.1) is 60.5 Å². The molecule has 3 atom stereocenters. The molecular formula is C29H29ClF2N8O3. The monoisotopic (exact) mass is 610 g/mol. The first-order valence-electron chi connectivity index (χ1n) is 13.9. The molecule has 0 fully saturated rings. The minimum atomic E-state index is -2.93. The number of carbonyl (C=O) groups excluding carboxylic acids is 1. The summed E-state index contributed by atoms with van der Waals surface area (Å²) in [6, 6.07) is 3.79. The van der Waals surface area contributed by atoms with Crippen LogP contribution in [0.3, 0.4) is 0 Å². The first-order valence-corrected chi connectivity index (χ1v) is 14.3. The molecule has 1 aliphatic carbocycles. The quantitative estimate of drug-likeness (QED) is 0.397. The first kappa shape index (κ1) is 28.9. The third-order valence-electron chi connectivity index (χ3n) is 7.85. The Hall–Kier alpha value is -4.20. The van der Waals surface area contributed by atoms with Crippen LogP contribution in [0.25, 0.3) is 16.8 Å². The number of aliphatic hydroxyl groups excluding tert-OH is 1. The number of hydrazine groups is 1. The Bertz CT molecular complexity index is 1720. The summed E-state index contributed by atoms with van der Waals surface area (Å²) in [5, 5.41) is 18.2. The molecule has 14 heteroatoms. The van der Waals surface area contributed by atoms with E-state index in [9.17, 15) is 23.5 Å². The van der Waals surface area contributed by atoms with Crippen molar-refractivity contribution < 1.29 is 18.7 Å². The number of aliphatic hydroxyl groups is 1. The number of carbonyl (C=O) groups is 1. The van der Waals surface area contributed by atoms with Crippen LogP contribution >= 0.6 is 11.6 Å². The minimum Gasteiger partial charge on any atom is -0.394 e. The molecule has 0 spiro atoms. The summed E-state index contributed by atoms with van der Waals surface area (Å²) in [6.07, 6.45) is 11.2. The standard InChI is InChI=1S/C29H29ClF2N8O3/c1-16-3-2-4-24(22-10-17(5-6-33-22)27-23(36-28(16)43)13-35-40(27)29(31)32)39-15-34-21(12-25(39)42)20-11-19(30)9-18-14-38(7-8-41)37-26(18)20/h5-6,9-16,24,26,29,37,41H,2-4,7-8H2,1H3,(H,36,43)/t16-,24+,26?/m1/s1. The van der Waals surface area contributed by atoms with Gasteiger partial charge in [0.15, 0.2) is 0 Å². The van der Waals surface area contributed by atoms with E-state index in [2.05, 4.69) is 25.8 Å². The lowest BCUT2D eigenvalue weighted by Crippen LogP contribution is -2.39. The highest BCUT2D eigenvalue weighted by atomic mass is 35.5. The molecule has 2 aliphatic heterocycles. The Kier molecular flexibility index (Phi) is 7.95. The van der Waals surface area contributed by atoms with Gasteiger partial charge in [0.2, 0.25) is 5.91 Å². The zero-order valence-electron chi connectivity index (χ0n) is 23.1. The molecule has 3 aromatic rings. The summed E-state index contributed by atoms with van der Waals surface area (Å²) in [5.74, 6) is -0.710. The van der Waals surface area contributed by atoms with E-state index in [0.29, 0.717) is 58.0 Å². The van der Waals surface area contributed by atoms with Crippen LogP contribution in [0, 0.1) is 5.92 Å². The summed E-state index contributed by atoms with van der Waals surface area (Å²) >= 11 is 6.40. The van der Waals surface area contributed by atoms with Crippen LogP contribution in [0.1, 0.15) is 50.2 Å². The summed E-state index contributed by atoms with van der Waals surface area (Å²) in [5.41, 5.74) is 6.07. The highest BCUT2D eigenvalue weighted by Crippen LogP contribution is 2.36. The molecule has 1 unspecified atom stereocenters. The predicted octanol–water partition coefficient (Wildman–Crippen LogP) is 3.83. The first-order chi connectivity index (χ1) is 20.7. The van der Waals surface area contributed by atoms with Gasteiger partial charge in [-0.2, -0.15) is 13.9 Å². The molecule has 11 nitrogen and oxygen atoms in total. The summed E-state index contributed by atoms with van der Waals surface area (Å²) in [4.78, 5) is 35.7. The van der Waals surface area contributed by atoms with Gasteiger partial charge < -0.3 is 15.4 Å². The number of halogens is 3. The zero-order valence-corrected chi connectivity index (χ0v) is 23.9. The lowest BCUT2D eigenvalue weighted by atomic mass is 9.93. The maximum Gasteiger partial charge on any atom is 0.333 e. The van der Waals surface area contributed by atoms with Gasteiger partial charge in [-0.15, -0.1) is 0 Å². The number of pyridine rings is 1. The number of hydrogen-bond donors (Lipinski definition) is 3. The number of anilines is 1. The van der Waals surface area contributed by atoms with Crippen LogP contribution in [0.2, 0.25) is 0 Å². The van der Waals surface area contributed by atoms with E-state index in [1.165, 1.54) is 29.4 Å². The number of fused-ring (bicyclic) bond motifs is 5. The number of nitrogens with one attached hydrogen (secondary N) is 2. The fraction of sp³-hybridized carbons (Fsp3) is 0.345. The van der Waals surface area contributed by atoms with Gasteiger partial charge >= 0.3 is 6.55 Å². The minimum absolute atomic E-state index is 0.0415. The average molecular weight is 611 g/mol. The lowest BCUT2D eigenvalue weighted by molar-refractivity contribution is -0.119. The van der Waals surface area contributed by atoms with E-state index >= 15 is 0 Å². The molecule has 0 saturated carbocycles. The smallest absolute Gasteiger partial charge is 0.333 e. The molecule has 1 amide bonds. The Morgan fingerprint density at radius 2 is 2.02 bits per heavy atom. The van der Waals surface area contributed by atoms with Crippen molar-refractivity contribution in [3.8, 4) is 11.3 Å². The van der Waals surface area contributed by atoms with Crippen molar-refractivity contribution >= 4 is 28.8 Å². The number of hydrogen-bond acceptors (Lipinski definition) is 8. The van der Waals surface area contributed by atoms with E-state index in [1.54, 1.807) is 30.1 Å². The molecule has 224 valence electrons.